The number of halogens is 1. The van der Waals surface area contributed by atoms with Gasteiger partial charge in [0, 0.05) is 25.6 Å². The van der Waals surface area contributed by atoms with Crippen molar-refractivity contribution in [2.45, 2.75) is 5.92 Å². The lowest BCUT2D eigenvalue weighted by Gasteiger charge is -2.30. The number of ether oxygens (including phenoxy) is 1. The fourth-order valence-corrected chi connectivity index (χ4v) is 2.16. The van der Waals surface area contributed by atoms with E-state index in [1.807, 2.05) is 0 Å². The SMILES string of the molecule is OCC(CN1CCOCC1)c1ccccc1F. The Hall–Kier alpha value is -0.970. The minimum Gasteiger partial charge on any atom is -0.396 e. The van der Waals surface area contributed by atoms with Crippen molar-refractivity contribution < 1.29 is 14.2 Å². The molecular formula is C13H18FNO2. The molecule has 0 radical (unpaired) electrons. The second-order valence-electron chi connectivity index (χ2n) is 4.31. The lowest BCUT2D eigenvalue weighted by molar-refractivity contribution is 0.0317. The van der Waals surface area contributed by atoms with Crippen LogP contribution in [0.1, 0.15) is 11.5 Å². The highest BCUT2D eigenvalue weighted by Crippen LogP contribution is 2.20. The van der Waals surface area contributed by atoms with Gasteiger partial charge in [-0.1, -0.05) is 18.2 Å². The van der Waals surface area contributed by atoms with Gasteiger partial charge in [-0.3, -0.25) is 4.90 Å². The number of rotatable bonds is 4. The Balaban J connectivity index is 2.03. The lowest BCUT2D eigenvalue weighted by atomic mass is 9.98. The second kappa shape index (κ2) is 6.10. The van der Waals surface area contributed by atoms with Crippen LogP contribution in [0.2, 0.25) is 0 Å². The normalized spacial score (nSPS) is 19.2. The highest BCUT2D eigenvalue weighted by Gasteiger charge is 2.19. The van der Waals surface area contributed by atoms with Gasteiger partial charge in [0.1, 0.15) is 5.82 Å². The van der Waals surface area contributed by atoms with E-state index in [0.29, 0.717) is 12.1 Å². The van der Waals surface area contributed by atoms with Gasteiger partial charge in [0.15, 0.2) is 0 Å². The number of hydrogen-bond donors (Lipinski definition) is 1. The quantitative estimate of drug-likeness (QED) is 0.858. The van der Waals surface area contributed by atoms with Gasteiger partial charge in [-0.25, -0.2) is 4.39 Å². The Kier molecular flexibility index (Phi) is 4.48. The van der Waals surface area contributed by atoms with Crippen molar-refractivity contribution in [1.29, 1.82) is 0 Å². The van der Waals surface area contributed by atoms with Crippen molar-refractivity contribution in [2.75, 3.05) is 39.5 Å². The van der Waals surface area contributed by atoms with Crippen LogP contribution in [-0.2, 0) is 4.74 Å². The molecule has 1 heterocycles. The summed E-state index contributed by atoms with van der Waals surface area (Å²) in [6.07, 6.45) is 0. The Morgan fingerprint density at radius 3 is 2.65 bits per heavy atom. The Morgan fingerprint density at radius 2 is 2.00 bits per heavy atom. The maximum absolute atomic E-state index is 13.6. The highest BCUT2D eigenvalue weighted by molar-refractivity contribution is 5.22. The molecule has 1 aromatic carbocycles. The average Bonchev–Trinajstić information content (AvgIpc) is 2.38. The van der Waals surface area contributed by atoms with Crippen LogP contribution in [0.25, 0.3) is 0 Å². The molecule has 1 unspecified atom stereocenters. The molecule has 0 aromatic heterocycles. The monoisotopic (exact) mass is 239 g/mol. The molecule has 0 saturated carbocycles. The number of morpholine rings is 1. The Labute approximate surface area is 101 Å². The first-order chi connectivity index (χ1) is 8.31. The van der Waals surface area contributed by atoms with Crippen molar-refractivity contribution in [2.24, 2.45) is 0 Å². The molecule has 1 atom stereocenters. The summed E-state index contributed by atoms with van der Waals surface area (Å²) in [4.78, 5) is 2.21. The zero-order valence-electron chi connectivity index (χ0n) is 9.81. The van der Waals surface area contributed by atoms with Crippen LogP contribution in [-0.4, -0.2) is 49.5 Å². The molecule has 0 amide bonds. The average molecular weight is 239 g/mol. The third kappa shape index (κ3) is 3.25. The molecule has 17 heavy (non-hydrogen) atoms. The van der Waals surface area contributed by atoms with Crippen molar-refractivity contribution >= 4 is 0 Å². The second-order valence-corrected chi connectivity index (χ2v) is 4.31. The summed E-state index contributed by atoms with van der Waals surface area (Å²) in [5.41, 5.74) is 0.599. The number of hydrogen-bond acceptors (Lipinski definition) is 3. The van der Waals surface area contributed by atoms with E-state index in [0.717, 1.165) is 26.3 Å². The van der Waals surface area contributed by atoms with E-state index in [4.69, 9.17) is 4.74 Å². The summed E-state index contributed by atoms with van der Waals surface area (Å²) in [6.45, 7) is 3.79. The summed E-state index contributed by atoms with van der Waals surface area (Å²) < 4.78 is 18.9. The Bertz CT molecular complexity index is 353. The van der Waals surface area contributed by atoms with E-state index in [1.54, 1.807) is 18.2 Å². The van der Waals surface area contributed by atoms with E-state index in [2.05, 4.69) is 4.90 Å². The summed E-state index contributed by atoms with van der Waals surface area (Å²) in [5.74, 6) is -0.394. The molecule has 0 aliphatic carbocycles. The van der Waals surface area contributed by atoms with Crippen LogP contribution in [0.4, 0.5) is 4.39 Å². The fourth-order valence-electron chi connectivity index (χ4n) is 2.16. The summed E-state index contributed by atoms with van der Waals surface area (Å²) in [6, 6.07) is 6.66. The van der Waals surface area contributed by atoms with Gasteiger partial charge >= 0.3 is 0 Å². The molecular weight excluding hydrogens is 221 g/mol. The molecule has 1 aromatic rings. The number of aliphatic hydroxyl groups excluding tert-OH is 1. The van der Waals surface area contributed by atoms with Crippen LogP contribution >= 0.6 is 0 Å². The molecule has 1 aliphatic heterocycles. The maximum atomic E-state index is 13.6. The van der Waals surface area contributed by atoms with E-state index >= 15 is 0 Å². The van der Waals surface area contributed by atoms with Gasteiger partial charge < -0.3 is 9.84 Å². The largest absolute Gasteiger partial charge is 0.396 e. The topological polar surface area (TPSA) is 32.7 Å². The van der Waals surface area contributed by atoms with E-state index in [-0.39, 0.29) is 18.3 Å². The van der Waals surface area contributed by atoms with Crippen molar-refractivity contribution in [3.05, 3.63) is 35.6 Å². The van der Waals surface area contributed by atoms with E-state index < -0.39 is 0 Å². The van der Waals surface area contributed by atoms with Crippen LogP contribution in [0.5, 0.6) is 0 Å². The van der Waals surface area contributed by atoms with Gasteiger partial charge in [0.2, 0.25) is 0 Å². The smallest absolute Gasteiger partial charge is 0.126 e. The third-order valence-electron chi connectivity index (χ3n) is 3.15. The van der Waals surface area contributed by atoms with Crippen molar-refractivity contribution in [1.82, 2.24) is 4.90 Å². The van der Waals surface area contributed by atoms with Crippen LogP contribution < -0.4 is 0 Å². The molecule has 1 saturated heterocycles. The van der Waals surface area contributed by atoms with Gasteiger partial charge in [-0.15, -0.1) is 0 Å². The highest BCUT2D eigenvalue weighted by atomic mass is 19.1. The molecule has 2 rings (SSSR count). The molecule has 0 spiro atoms. The van der Waals surface area contributed by atoms with Gasteiger partial charge in [-0.2, -0.15) is 0 Å². The maximum Gasteiger partial charge on any atom is 0.126 e. The molecule has 4 heteroatoms. The van der Waals surface area contributed by atoms with Gasteiger partial charge in [0.25, 0.3) is 0 Å². The minimum absolute atomic E-state index is 0.0295. The lowest BCUT2D eigenvalue weighted by Crippen LogP contribution is -2.39. The van der Waals surface area contributed by atoms with Crippen LogP contribution in [0, 0.1) is 5.82 Å². The van der Waals surface area contributed by atoms with Crippen LogP contribution in [0.3, 0.4) is 0 Å². The van der Waals surface area contributed by atoms with Gasteiger partial charge in [-0.05, 0) is 11.6 Å². The molecule has 1 fully saturated rings. The predicted molar refractivity (Wildman–Crippen MR) is 63.5 cm³/mol. The minimum atomic E-state index is -0.236. The van der Waals surface area contributed by atoms with E-state index in [9.17, 15) is 9.50 Å². The van der Waals surface area contributed by atoms with Gasteiger partial charge in [0.05, 0.1) is 19.8 Å². The standard InChI is InChI=1S/C13H18FNO2/c14-13-4-2-1-3-12(13)11(10-16)9-15-5-7-17-8-6-15/h1-4,11,16H,5-10H2. The first-order valence-electron chi connectivity index (χ1n) is 5.96. The number of benzene rings is 1. The summed E-state index contributed by atoms with van der Waals surface area (Å²) >= 11 is 0. The molecule has 1 N–H and O–H groups in total. The fraction of sp³-hybridized carbons (Fsp3) is 0.538. The molecule has 1 aliphatic rings. The molecule has 0 bridgehead atoms. The predicted octanol–water partition coefficient (Wildman–Crippen LogP) is 1.23. The summed E-state index contributed by atoms with van der Waals surface area (Å²) in [7, 11) is 0. The van der Waals surface area contributed by atoms with E-state index in [1.165, 1.54) is 6.07 Å². The zero-order valence-corrected chi connectivity index (χ0v) is 9.81. The zero-order chi connectivity index (χ0) is 12.1. The van der Waals surface area contributed by atoms with Crippen molar-refractivity contribution in [3.8, 4) is 0 Å². The van der Waals surface area contributed by atoms with Crippen LogP contribution in [0.15, 0.2) is 24.3 Å². The first kappa shape index (κ1) is 12.5. The number of aliphatic hydroxyl groups is 1. The van der Waals surface area contributed by atoms with Crippen molar-refractivity contribution in [3.63, 3.8) is 0 Å². The molecule has 94 valence electrons. The third-order valence-corrected chi connectivity index (χ3v) is 3.15. The molecule has 3 nitrogen and oxygen atoms in total. The number of nitrogens with zero attached hydrogens (tertiary/aromatic N) is 1. The summed E-state index contributed by atoms with van der Waals surface area (Å²) in [5, 5.41) is 9.41. The Morgan fingerprint density at radius 1 is 1.29 bits per heavy atom. The first-order valence-corrected chi connectivity index (χ1v) is 5.96.